The summed E-state index contributed by atoms with van der Waals surface area (Å²) in [6.45, 7) is 4.30. The molecule has 0 aromatic heterocycles. The van der Waals surface area contributed by atoms with Gasteiger partial charge >= 0.3 is 0 Å². The molecule has 2 rings (SSSR count). The molecule has 0 saturated heterocycles. The van der Waals surface area contributed by atoms with Crippen LogP contribution >= 0.6 is 0 Å². The molecule has 1 aliphatic carbocycles. The van der Waals surface area contributed by atoms with Crippen molar-refractivity contribution in [3.05, 3.63) is 29.8 Å². The molecule has 0 heterocycles. The molecule has 1 fully saturated rings. The van der Waals surface area contributed by atoms with Crippen molar-refractivity contribution in [1.29, 1.82) is 5.26 Å². The van der Waals surface area contributed by atoms with Gasteiger partial charge in [0, 0.05) is 6.04 Å². The van der Waals surface area contributed by atoms with E-state index in [0.717, 1.165) is 11.3 Å². The van der Waals surface area contributed by atoms with Crippen molar-refractivity contribution in [2.45, 2.75) is 38.3 Å². The number of hydrogen-bond donors (Lipinski definition) is 1. The molecular formula is C14H18N2O. The molecule has 0 spiro atoms. The van der Waals surface area contributed by atoms with E-state index in [0.29, 0.717) is 12.6 Å². The Balaban J connectivity index is 1.93. The molecule has 3 nitrogen and oxygen atoms in total. The SMILES string of the molecule is Cc1cccc(OCC(C)(C#N)NC2CC2)c1. The van der Waals surface area contributed by atoms with Crippen molar-refractivity contribution in [3.63, 3.8) is 0 Å². The van der Waals surface area contributed by atoms with Crippen molar-refractivity contribution < 1.29 is 4.74 Å². The quantitative estimate of drug-likeness (QED) is 0.844. The van der Waals surface area contributed by atoms with Gasteiger partial charge in [0.2, 0.25) is 0 Å². The Kier molecular flexibility index (Phi) is 3.35. The number of nitrogens with one attached hydrogen (secondary N) is 1. The summed E-state index contributed by atoms with van der Waals surface area (Å²) in [5.41, 5.74) is 0.571. The zero-order valence-electron chi connectivity index (χ0n) is 10.4. The largest absolute Gasteiger partial charge is 0.491 e. The van der Waals surface area contributed by atoms with Gasteiger partial charge in [-0.25, -0.2) is 0 Å². The molecule has 1 atom stereocenters. The fourth-order valence-corrected chi connectivity index (χ4v) is 1.72. The number of aryl methyl sites for hydroxylation is 1. The van der Waals surface area contributed by atoms with Gasteiger partial charge in [-0.2, -0.15) is 5.26 Å². The first-order chi connectivity index (χ1) is 8.11. The molecule has 0 amide bonds. The molecule has 1 aromatic rings. The molecule has 90 valence electrons. The molecule has 0 bridgehead atoms. The normalized spacial score (nSPS) is 18.2. The van der Waals surface area contributed by atoms with Crippen LogP contribution in [0.1, 0.15) is 25.3 Å². The Labute approximate surface area is 102 Å². The lowest BCUT2D eigenvalue weighted by molar-refractivity contribution is 0.232. The van der Waals surface area contributed by atoms with Crippen LogP contribution in [-0.2, 0) is 0 Å². The summed E-state index contributed by atoms with van der Waals surface area (Å²) in [4.78, 5) is 0. The monoisotopic (exact) mass is 230 g/mol. The molecule has 1 saturated carbocycles. The Hall–Kier alpha value is -1.53. The van der Waals surface area contributed by atoms with Crippen molar-refractivity contribution in [2.24, 2.45) is 0 Å². The standard InChI is InChI=1S/C14H18N2O/c1-11-4-3-5-13(8-11)17-10-14(2,9-15)16-12-6-7-12/h3-5,8,12,16H,6-7,10H2,1-2H3. The predicted octanol–water partition coefficient (Wildman–Crippen LogP) is 2.41. The second-order valence-electron chi connectivity index (χ2n) is 4.97. The Morgan fingerprint density at radius 1 is 1.53 bits per heavy atom. The van der Waals surface area contributed by atoms with E-state index in [2.05, 4.69) is 11.4 Å². The number of nitriles is 1. The molecular weight excluding hydrogens is 212 g/mol. The maximum absolute atomic E-state index is 9.20. The van der Waals surface area contributed by atoms with Crippen molar-refractivity contribution in [1.82, 2.24) is 5.32 Å². The van der Waals surface area contributed by atoms with Crippen LogP contribution in [0.4, 0.5) is 0 Å². The molecule has 0 aliphatic heterocycles. The molecule has 1 N–H and O–H groups in total. The molecule has 1 unspecified atom stereocenters. The van der Waals surface area contributed by atoms with Crippen LogP contribution in [0.2, 0.25) is 0 Å². The van der Waals surface area contributed by atoms with Crippen molar-refractivity contribution in [3.8, 4) is 11.8 Å². The smallest absolute Gasteiger partial charge is 0.138 e. The fraction of sp³-hybridized carbons (Fsp3) is 0.500. The van der Waals surface area contributed by atoms with E-state index in [4.69, 9.17) is 4.74 Å². The van der Waals surface area contributed by atoms with Crippen LogP contribution in [0.15, 0.2) is 24.3 Å². The van der Waals surface area contributed by atoms with E-state index in [1.165, 1.54) is 12.8 Å². The maximum atomic E-state index is 9.20. The van der Waals surface area contributed by atoms with E-state index < -0.39 is 5.54 Å². The first-order valence-corrected chi connectivity index (χ1v) is 6.00. The summed E-state index contributed by atoms with van der Waals surface area (Å²) >= 11 is 0. The average Bonchev–Trinajstić information content (AvgIpc) is 3.11. The number of hydrogen-bond acceptors (Lipinski definition) is 3. The number of benzene rings is 1. The minimum Gasteiger partial charge on any atom is -0.491 e. The van der Waals surface area contributed by atoms with Gasteiger partial charge in [-0.3, -0.25) is 5.32 Å². The van der Waals surface area contributed by atoms with Gasteiger partial charge in [0.25, 0.3) is 0 Å². The molecule has 1 aromatic carbocycles. The summed E-state index contributed by atoms with van der Waals surface area (Å²) in [6.07, 6.45) is 2.34. The second kappa shape index (κ2) is 4.77. The summed E-state index contributed by atoms with van der Waals surface area (Å²) in [7, 11) is 0. The van der Waals surface area contributed by atoms with Gasteiger partial charge in [-0.15, -0.1) is 0 Å². The van der Waals surface area contributed by atoms with Gasteiger partial charge in [-0.1, -0.05) is 12.1 Å². The number of ether oxygens (including phenoxy) is 1. The second-order valence-corrected chi connectivity index (χ2v) is 4.97. The van der Waals surface area contributed by atoms with E-state index in [-0.39, 0.29) is 0 Å². The lowest BCUT2D eigenvalue weighted by atomic mass is 10.1. The van der Waals surface area contributed by atoms with Crippen molar-refractivity contribution >= 4 is 0 Å². The molecule has 1 aliphatic rings. The lowest BCUT2D eigenvalue weighted by Gasteiger charge is -2.23. The van der Waals surface area contributed by atoms with Crippen LogP contribution in [0.3, 0.4) is 0 Å². The Morgan fingerprint density at radius 2 is 2.29 bits per heavy atom. The Morgan fingerprint density at radius 3 is 2.88 bits per heavy atom. The van der Waals surface area contributed by atoms with Crippen molar-refractivity contribution in [2.75, 3.05) is 6.61 Å². The van der Waals surface area contributed by atoms with Gasteiger partial charge < -0.3 is 4.74 Å². The summed E-state index contributed by atoms with van der Waals surface area (Å²) in [5.74, 6) is 0.823. The van der Waals surface area contributed by atoms with Crippen LogP contribution < -0.4 is 10.1 Å². The highest BCUT2D eigenvalue weighted by Gasteiger charge is 2.33. The fourth-order valence-electron chi connectivity index (χ4n) is 1.72. The average molecular weight is 230 g/mol. The van der Waals surface area contributed by atoms with Crippen LogP contribution in [-0.4, -0.2) is 18.2 Å². The van der Waals surface area contributed by atoms with Gasteiger partial charge in [0.15, 0.2) is 0 Å². The Bertz CT molecular complexity index is 434. The van der Waals surface area contributed by atoms with E-state index >= 15 is 0 Å². The van der Waals surface area contributed by atoms with Gasteiger partial charge in [0.05, 0.1) is 6.07 Å². The maximum Gasteiger partial charge on any atom is 0.138 e. The summed E-state index contributed by atoms with van der Waals surface area (Å²) in [5, 5.41) is 12.5. The lowest BCUT2D eigenvalue weighted by Crippen LogP contribution is -2.47. The third kappa shape index (κ3) is 3.47. The first-order valence-electron chi connectivity index (χ1n) is 6.00. The van der Waals surface area contributed by atoms with E-state index in [1.807, 2.05) is 38.1 Å². The van der Waals surface area contributed by atoms with Crippen LogP contribution in [0.25, 0.3) is 0 Å². The molecule has 17 heavy (non-hydrogen) atoms. The van der Waals surface area contributed by atoms with Crippen LogP contribution in [0, 0.1) is 18.3 Å². The minimum absolute atomic E-state index is 0.378. The number of rotatable bonds is 5. The third-order valence-corrected chi connectivity index (χ3v) is 2.86. The van der Waals surface area contributed by atoms with E-state index in [9.17, 15) is 5.26 Å². The highest BCUT2D eigenvalue weighted by molar-refractivity contribution is 5.27. The topological polar surface area (TPSA) is 45.0 Å². The highest BCUT2D eigenvalue weighted by atomic mass is 16.5. The molecule has 0 radical (unpaired) electrons. The third-order valence-electron chi connectivity index (χ3n) is 2.86. The summed E-state index contributed by atoms with van der Waals surface area (Å²) < 4.78 is 5.69. The first kappa shape index (κ1) is 11.9. The van der Waals surface area contributed by atoms with Gasteiger partial charge in [-0.05, 0) is 44.4 Å². The zero-order chi connectivity index (χ0) is 12.3. The zero-order valence-corrected chi connectivity index (χ0v) is 10.4. The summed E-state index contributed by atoms with van der Waals surface area (Å²) in [6, 6.07) is 10.7. The van der Waals surface area contributed by atoms with Gasteiger partial charge in [0.1, 0.15) is 17.9 Å². The predicted molar refractivity (Wildman–Crippen MR) is 66.8 cm³/mol. The highest BCUT2D eigenvalue weighted by Crippen LogP contribution is 2.23. The van der Waals surface area contributed by atoms with E-state index in [1.54, 1.807) is 0 Å². The number of nitrogens with zero attached hydrogens (tertiary/aromatic N) is 1. The molecule has 3 heteroatoms. The minimum atomic E-state index is -0.592. The van der Waals surface area contributed by atoms with Crippen LogP contribution in [0.5, 0.6) is 5.75 Å².